The third-order valence-corrected chi connectivity index (χ3v) is 3.51. The molecule has 0 saturated heterocycles. The fraction of sp³-hybridized carbons (Fsp3) is 0.583. The number of anilines is 1. The van der Waals surface area contributed by atoms with Gasteiger partial charge in [-0.25, -0.2) is 4.98 Å². The van der Waals surface area contributed by atoms with Crippen LogP contribution in [-0.2, 0) is 0 Å². The van der Waals surface area contributed by atoms with Crippen molar-refractivity contribution in [2.45, 2.75) is 25.8 Å². The first-order valence-corrected chi connectivity index (χ1v) is 6.09. The highest BCUT2D eigenvalue weighted by Crippen LogP contribution is 2.36. The molecule has 0 amide bonds. The molecule has 0 aromatic carbocycles. The number of hydrogen-bond donors (Lipinski definition) is 1. The summed E-state index contributed by atoms with van der Waals surface area (Å²) in [5.41, 5.74) is 6.29. The molecule has 0 spiro atoms. The number of nitrogens with two attached hydrogens (primary N) is 1. The van der Waals surface area contributed by atoms with Crippen molar-refractivity contribution in [3.8, 4) is 0 Å². The molecular weight excluding hydrogens is 232 g/mol. The Morgan fingerprint density at radius 1 is 1.61 bits per heavy atom. The van der Waals surface area contributed by atoms with Gasteiger partial charge < -0.3 is 10.6 Å². The average molecular weight is 250 g/mol. The molecule has 1 unspecified atom stereocenters. The van der Waals surface area contributed by atoms with E-state index in [0.29, 0.717) is 18.2 Å². The number of rotatable bonds is 5. The summed E-state index contributed by atoms with van der Waals surface area (Å²) < 4.78 is 0. The molecule has 2 N–H and O–H groups in total. The van der Waals surface area contributed by atoms with Crippen LogP contribution in [0.3, 0.4) is 0 Å². The smallest absolute Gasteiger partial charge is 0.290 e. The molecule has 0 aliphatic heterocycles. The van der Waals surface area contributed by atoms with E-state index >= 15 is 0 Å². The molecule has 1 aromatic rings. The van der Waals surface area contributed by atoms with Crippen molar-refractivity contribution in [2.24, 2.45) is 11.7 Å². The molecule has 1 fully saturated rings. The summed E-state index contributed by atoms with van der Waals surface area (Å²) in [5.74, 6) is 1.39. The molecule has 98 valence electrons. The number of nitro groups is 1. The lowest BCUT2D eigenvalue weighted by Crippen LogP contribution is -2.40. The van der Waals surface area contributed by atoms with Gasteiger partial charge in [0.15, 0.2) is 0 Å². The fourth-order valence-corrected chi connectivity index (χ4v) is 2.25. The monoisotopic (exact) mass is 250 g/mol. The molecule has 0 bridgehead atoms. The Balaban J connectivity index is 2.22. The van der Waals surface area contributed by atoms with E-state index in [1.54, 1.807) is 13.0 Å². The summed E-state index contributed by atoms with van der Waals surface area (Å²) in [6.45, 7) is 2.24. The fourth-order valence-electron chi connectivity index (χ4n) is 2.25. The number of likely N-dealkylation sites (N-methyl/N-ethyl adjacent to an activating group) is 1. The Hall–Kier alpha value is -1.69. The summed E-state index contributed by atoms with van der Waals surface area (Å²) >= 11 is 0. The molecule has 6 heteroatoms. The Labute approximate surface area is 106 Å². The Morgan fingerprint density at radius 2 is 2.28 bits per heavy atom. The summed E-state index contributed by atoms with van der Waals surface area (Å²) in [6, 6.07) is 3.48. The second kappa shape index (κ2) is 4.89. The van der Waals surface area contributed by atoms with Crippen molar-refractivity contribution in [1.82, 2.24) is 4.98 Å². The molecular formula is C12H18N4O2. The van der Waals surface area contributed by atoms with Gasteiger partial charge in [-0.3, -0.25) is 10.1 Å². The van der Waals surface area contributed by atoms with Crippen LogP contribution in [0.4, 0.5) is 11.5 Å². The SMILES string of the molecule is Cc1nc(N(C)C(CN)C2CC2)ccc1[N+](=O)[O-]. The predicted octanol–water partition coefficient (Wildman–Crippen LogP) is 1.47. The summed E-state index contributed by atoms with van der Waals surface area (Å²) in [6.07, 6.45) is 2.41. The number of aromatic nitrogens is 1. The zero-order chi connectivity index (χ0) is 13.3. The largest absolute Gasteiger partial charge is 0.355 e. The van der Waals surface area contributed by atoms with E-state index in [-0.39, 0.29) is 11.7 Å². The van der Waals surface area contributed by atoms with Crippen LogP contribution in [0.1, 0.15) is 18.5 Å². The normalized spacial score (nSPS) is 16.4. The van der Waals surface area contributed by atoms with Gasteiger partial charge in [0, 0.05) is 25.7 Å². The van der Waals surface area contributed by atoms with Gasteiger partial charge in [-0.2, -0.15) is 0 Å². The maximum atomic E-state index is 10.7. The third kappa shape index (κ3) is 2.43. The van der Waals surface area contributed by atoms with Gasteiger partial charge in [0.25, 0.3) is 5.69 Å². The van der Waals surface area contributed by atoms with E-state index in [4.69, 9.17) is 5.73 Å². The van der Waals surface area contributed by atoms with Crippen LogP contribution in [-0.4, -0.2) is 29.5 Å². The minimum Gasteiger partial charge on any atom is -0.355 e. The van der Waals surface area contributed by atoms with Crippen LogP contribution in [0.15, 0.2) is 12.1 Å². The van der Waals surface area contributed by atoms with E-state index in [9.17, 15) is 10.1 Å². The topological polar surface area (TPSA) is 85.3 Å². The van der Waals surface area contributed by atoms with Gasteiger partial charge in [0.05, 0.1) is 4.92 Å². The standard InChI is InChI=1S/C12H18N4O2/c1-8-10(16(17)18)5-6-12(14-8)15(2)11(7-13)9-3-4-9/h5-6,9,11H,3-4,7,13H2,1-2H3. The highest BCUT2D eigenvalue weighted by molar-refractivity contribution is 5.47. The molecule has 18 heavy (non-hydrogen) atoms. The molecule has 0 radical (unpaired) electrons. The van der Waals surface area contributed by atoms with Crippen molar-refractivity contribution in [2.75, 3.05) is 18.5 Å². The minimum atomic E-state index is -0.409. The van der Waals surface area contributed by atoms with Gasteiger partial charge in [0.1, 0.15) is 11.5 Å². The molecule has 1 aliphatic carbocycles. The Morgan fingerprint density at radius 3 is 2.72 bits per heavy atom. The third-order valence-electron chi connectivity index (χ3n) is 3.51. The zero-order valence-corrected chi connectivity index (χ0v) is 10.7. The molecule has 1 saturated carbocycles. The lowest BCUT2D eigenvalue weighted by molar-refractivity contribution is -0.385. The number of nitrogens with zero attached hydrogens (tertiary/aromatic N) is 3. The van der Waals surface area contributed by atoms with Gasteiger partial charge in [-0.05, 0) is 31.7 Å². The van der Waals surface area contributed by atoms with Crippen LogP contribution in [0, 0.1) is 23.0 Å². The maximum Gasteiger partial charge on any atom is 0.290 e. The maximum absolute atomic E-state index is 10.7. The van der Waals surface area contributed by atoms with Crippen molar-refractivity contribution < 1.29 is 4.92 Å². The molecule has 6 nitrogen and oxygen atoms in total. The summed E-state index contributed by atoms with van der Waals surface area (Å²) in [4.78, 5) is 16.7. The molecule has 1 heterocycles. The van der Waals surface area contributed by atoms with Gasteiger partial charge in [-0.1, -0.05) is 0 Å². The van der Waals surface area contributed by atoms with Crippen LogP contribution < -0.4 is 10.6 Å². The lowest BCUT2D eigenvalue weighted by atomic mass is 10.1. The van der Waals surface area contributed by atoms with E-state index in [1.807, 2.05) is 11.9 Å². The zero-order valence-electron chi connectivity index (χ0n) is 10.7. The number of hydrogen-bond acceptors (Lipinski definition) is 5. The van der Waals surface area contributed by atoms with Gasteiger partial charge in [0.2, 0.25) is 0 Å². The van der Waals surface area contributed by atoms with E-state index in [1.165, 1.54) is 18.9 Å². The van der Waals surface area contributed by atoms with E-state index in [0.717, 1.165) is 5.82 Å². The Kier molecular flexibility index (Phi) is 3.47. The van der Waals surface area contributed by atoms with Gasteiger partial charge >= 0.3 is 0 Å². The highest BCUT2D eigenvalue weighted by Gasteiger charge is 2.33. The van der Waals surface area contributed by atoms with E-state index < -0.39 is 4.92 Å². The van der Waals surface area contributed by atoms with Crippen molar-refractivity contribution in [3.05, 3.63) is 27.9 Å². The second-order valence-corrected chi connectivity index (χ2v) is 4.78. The van der Waals surface area contributed by atoms with Crippen molar-refractivity contribution in [3.63, 3.8) is 0 Å². The second-order valence-electron chi connectivity index (χ2n) is 4.78. The van der Waals surface area contributed by atoms with Crippen molar-refractivity contribution >= 4 is 11.5 Å². The minimum absolute atomic E-state index is 0.0582. The lowest BCUT2D eigenvalue weighted by Gasteiger charge is -2.28. The first kappa shape index (κ1) is 12.8. The van der Waals surface area contributed by atoms with Crippen LogP contribution in [0.25, 0.3) is 0 Å². The van der Waals surface area contributed by atoms with E-state index in [2.05, 4.69) is 4.98 Å². The molecule has 2 rings (SSSR count). The van der Waals surface area contributed by atoms with Crippen molar-refractivity contribution in [1.29, 1.82) is 0 Å². The van der Waals surface area contributed by atoms with Crippen LogP contribution in [0.5, 0.6) is 0 Å². The predicted molar refractivity (Wildman–Crippen MR) is 69.6 cm³/mol. The van der Waals surface area contributed by atoms with Gasteiger partial charge in [-0.15, -0.1) is 0 Å². The Bertz CT molecular complexity index is 459. The molecule has 1 aliphatic rings. The van der Waals surface area contributed by atoms with Crippen LogP contribution in [0.2, 0.25) is 0 Å². The highest BCUT2D eigenvalue weighted by atomic mass is 16.6. The summed E-state index contributed by atoms with van der Waals surface area (Å²) in [5, 5.41) is 10.7. The quantitative estimate of drug-likeness (QED) is 0.631. The number of aryl methyl sites for hydroxylation is 1. The molecule has 1 atom stereocenters. The first-order valence-electron chi connectivity index (χ1n) is 6.09. The number of pyridine rings is 1. The van der Waals surface area contributed by atoms with Crippen LogP contribution >= 0.6 is 0 Å². The average Bonchev–Trinajstić information content (AvgIpc) is 3.13. The summed E-state index contributed by atoms with van der Waals surface area (Å²) in [7, 11) is 1.95. The molecule has 1 aromatic heterocycles. The first-order chi connectivity index (χ1) is 8.54.